The summed E-state index contributed by atoms with van der Waals surface area (Å²) in [6.45, 7) is 6.72. The summed E-state index contributed by atoms with van der Waals surface area (Å²) in [7, 11) is 0. The number of aromatic amines is 1. The van der Waals surface area contributed by atoms with Gasteiger partial charge in [-0.3, -0.25) is 14.4 Å². The predicted molar refractivity (Wildman–Crippen MR) is 98.5 cm³/mol. The third-order valence-corrected chi connectivity index (χ3v) is 4.75. The molecule has 3 rings (SSSR count). The van der Waals surface area contributed by atoms with Crippen LogP contribution in [0.3, 0.4) is 0 Å². The van der Waals surface area contributed by atoms with Gasteiger partial charge in [-0.25, -0.2) is 0 Å². The van der Waals surface area contributed by atoms with Crippen LogP contribution < -0.4 is 5.73 Å². The minimum absolute atomic E-state index is 0.00557. The number of hydrogen-bond acceptors (Lipinski definition) is 3. The molecule has 7 nitrogen and oxygen atoms in total. The monoisotopic (exact) mass is 354 g/mol. The van der Waals surface area contributed by atoms with Gasteiger partial charge in [-0.2, -0.15) is 0 Å². The first-order chi connectivity index (χ1) is 12.4. The van der Waals surface area contributed by atoms with Gasteiger partial charge in [0.1, 0.15) is 5.69 Å². The van der Waals surface area contributed by atoms with E-state index in [1.54, 1.807) is 9.80 Å². The fourth-order valence-electron chi connectivity index (χ4n) is 3.47. The van der Waals surface area contributed by atoms with E-state index in [1.165, 1.54) is 6.08 Å². The molecule has 0 saturated carbocycles. The van der Waals surface area contributed by atoms with Crippen LogP contribution in [0, 0.1) is 0 Å². The van der Waals surface area contributed by atoms with Gasteiger partial charge in [0, 0.05) is 36.6 Å². The average molecular weight is 354 g/mol. The van der Waals surface area contributed by atoms with Crippen LogP contribution in [0.5, 0.6) is 0 Å². The maximum absolute atomic E-state index is 13.1. The number of para-hydroxylation sites is 1. The second-order valence-corrected chi connectivity index (χ2v) is 6.50. The van der Waals surface area contributed by atoms with Gasteiger partial charge in [-0.15, -0.1) is 0 Å². The molecule has 0 aliphatic carbocycles. The normalized spacial score (nSPS) is 17.3. The van der Waals surface area contributed by atoms with E-state index in [2.05, 4.69) is 11.6 Å². The van der Waals surface area contributed by atoms with E-state index < -0.39 is 5.91 Å². The van der Waals surface area contributed by atoms with Crippen molar-refractivity contribution in [3.05, 3.63) is 48.2 Å². The number of carbonyl (C=O) groups is 3. The van der Waals surface area contributed by atoms with E-state index in [0.717, 1.165) is 10.9 Å². The standard InChI is InChI=1S/C19H22N4O3/c1-3-17(25)22-8-9-23(12(2)11-22)19(26)18-14(10-16(20)24)13-6-4-5-7-15(13)21-18/h3-7,12,21H,1,8-11H2,2H3,(H2,20,24)/t12-/m0/s1. The molecular formula is C19H22N4O3. The number of nitrogens with two attached hydrogens (primary N) is 1. The summed E-state index contributed by atoms with van der Waals surface area (Å²) in [5.74, 6) is -0.808. The summed E-state index contributed by atoms with van der Waals surface area (Å²) in [5.41, 5.74) is 7.19. The first-order valence-corrected chi connectivity index (χ1v) is 8.52. The summed E-state index contributed by atoms with van der Waals surface area (Å²) in [6.07, 6.45) is 1.28. The van der Waals surface area contributed by atoms with Crippen molar-refractivity contribution in [3.8, 4) is 0 Å². The number of fused-ring (bicyclic) bond motifs is 1. The van der Waals surface area contributed by atoms with Gasteiger partial charge in [-0.1, -0.05) is 24.8 Å². The lowest BCUT2D eigenvalue weighted by Gasteiger charge is -2.39. The topological polar surface area (TPSA) is 99.5 Å². The van der Waals surface area contributed by atoms with Crippen molar-refractivity contribution < 1.29 is 14.4 Å². The van der Waals surface area contributed by atoms with Crippen LogP contribution in [-0.2, 0) is 16.0 Å². The Morgan fingerprint density at radius 1 is 1.31 bits per heavy atom. The lowest BCUT2D eigenvalue weighted by atomic mass is 10.1. The molecule has 1 aliphatic heterocycles. The molecule has 1 aromatic heterocycles. The molecular weight excluding hydrogens is 332 g/mol. The fourth-order valence-corrected chi connectivity index (χ4v) is 3.47. The number of H-pyrrole nitrogens is 1. The Kier molecular flexibility index (Phi) is 4.79. The van der Waals surface area contributed by atoms with E-state index >= 15 is 0 Å². The highest BCUT2D eigenvalue weighted by molar-refractivity contribution is 6.03. The maximum atomic E-state index is 13.1. The first-order valence-electron chi connectivity index (χ1n) is 8.52. The molecule has 1 saturated heterocycles. The molecule has 1 fully saturated rings. The summed E-state index contributed by atoms with van der Waals surface area (Å²) in [5, 5.41) is 0.822. The molecule has 3 N–H and O–H groups in total. The Labute approximate surface area is 151 Å². The van der Waals surface area contributed by atoms with E-state index in [1.807, 2.05) is 31.2 Å². The van der Waals surface area contributed by atoms with Crippen LogP contribution in [0.25, 0.3) is 10.9 Å². The van der Waals surface area contributed by atoms with Crippen LogP contribution in [0.2, 0.25) is 0 Å². The number of aromatic nitrogens is 1. The lowest BCUT2D eigenvalue weighted by molar-refractivity contribution is -0.128. The second-order valence-electron chi connectivity index (χ2n) is 6.50. The number of rotatable bonds is 4. The molecule has 2 aromatic rings. The molecule has 0 spiro atoms. The zero-order valence-electron chi connectivity index (χ0n) is 14.7. The number of carbonyl (C=O) groups excluding carboxylic acids is 3. The van der Waals surface area contributed by atoms with Crippen LogP contribution in [0.1, 0.15) is 23.0 Å². The van der Waals surface area contributed by atoms with Gasteiger partial charge in [0.15, 0.2) is 0 Å². The molecule has 1 aliphatic rings. The van der Waals surface area contributed by atoms with Crippen LogP contribution in [0.4, 0.5) is 0 Å². The minimum atomic E-state index is -0.488. The van der Waals surface area contributed by atoms with Crippen molar-refractivity contribution in [2.75, 3.05) is 19.6 Å². The molecule has 0 radical (unpaired) electrons. The lowest BCUT2D eigenvalue weighted by Crippen LogP contribution is -2.55. The molecule has 0 bridgehead atoms. The first kappa shape index (κ1) is 17.7. The van der Waals surface area contributed by atoms with Crippen molar-refractivity contribution >= 4 is 28.6 Å². The van der Waals surface area contributed by atoms with E-state index in [9.17, 15) is 14.4 Å². The van der Waals surface area contributed by atoms with E-state index in [0.29, 0.717) is 30.9 Å². The zero-order valence-corrected chi connectivity index (χ0v) is 14.7. The number of hydrogen-bond donors (Lipinski definition) is 2. The molecule has 0 unspecified atom stereocenters. The molecule has 3 amide bonds. The Balaban J connectivity index is 1.91. The van der Waals surface area contributed by atoms with Gasteiger partial charge in [0.05, 0.1) is 6.42 Å². The number of piperazine rings is 1. The Morgan fingerprint density at radius 2 is 2.04 bits per heavy atom. The van der Waals surface area contributed by atoms with Crippen molar-refractivity contribution in [3.63, 3.8) is 0 Å². The quantitative estimate of drug-likeness (QED) is 0.803. The van der Waals surface area contributed by atoms with Crippen molar-refractivity contribution in [1.82, 2.24) is 14.8 Å². The average Bonchev–Trinajstić information content (AvgIpc) is 2.98. The van der Waals surface area contributed by atoms with Gasteiger partial charge in [0.25, 0.3) is 5.91 Å². The highest BCUT2D eigenvalue weighted by Gasteiger charge is 2.32. The highest BCUT2D eigenvalue weighted by atomic mass is 16.2. The largest absolute Gasteiger partial charge is 0.369 e. The zero-order chi connectivity index (χ0) is 18.8. The number of primary amides is 1. The number of nitrogens with one attached hydrogen (secondary N) is 1. The minimum Gasteiger partial charge on any atom is -0.369 e. The molecule has 1 aromatic carbocycles. The summed E-state index contributed by atoms with van der Waals surface area (Å²) in [6, 6.07) is 7.31. The molecule has 2 heterocycles. The predicted octanol–water partition coefficient (Wildman–Crippen LogP) is 1.05. The van der Waals surface area contributed by atoms with Gasteiger partial charge in [-0.05, 0) is 24.6 Å². The van der Waals surface area contributed by atoms with Gasteiger partial charge >= 0.3 is 0 Å². The molecule has 1 atom stereocenters. The highest BCUT2D eigenvalue weighted by Crippen LogP contribution is 2.25. The maximum Gasteiger partial charge on any atom is 0.270 e. The molecule has 26 heavy (non-hydrogen) atoms. The smallest absolute Gasteiger partial charge is 0.270 e. The van der Waals surface area contributed by atoms with E-state index in [-0.39, 0.29) is 24.3 Å². The van der Waals surface area contributed by atoms with Crippen LogP contribution in [0.15, 0.2) is 36.9 Å². The van der Waals surface area contributed by atoms with Crippen LogP contribution >= 0.6 is 0 Å². The molecule has 136 valence electrons. The second kappa shape index (κ2) is 7.03. The fraction of sp³-hybridized carbons (Fsp3) is 0.316. The Morgan fingerprint density at radius 3 is 2.69 bits per heavy atom. The van der Waals surface area contributed by atoms with Crippen LogP contribution in [-0.4, -0.2) is 58.2 Å². The Bertz CT molecular complexity index is 886. The summed E-state index contributed by atoms with van der Waals surface area (Å²) in [4.78, 5) is 43.0. The van der Waals surface area contributed by atoms with Gasteiger partial charge in [0.2, 0.25) is 11.8 Å². The van der Waals surface area contributed by atoms with Crippen molar-refractivity contribution in [2.45, 2.75) is 19.4 Å². The van der Waals surface area contributed by atoms with Crippen molar-refractivity contribution in [2.24, 2.45) is 5.73 Å². The van der Waals surface area contributed by atoms with Gasteiger partial charge < -0.3 is 20.5 Å². The third kappa shape index (κ3) is 3.20. The number of nitrogens with zero attached hydrogens (tertiary/aromatic N) is 2. The summed E-state index contributed by atoms with van der Waals surface area (Å²) >= 11 is 0. The number of benzene rings is 1. The number of amides is 3. The summed E-state index contributed by atoms with van der Waals surface area (Å²) < 4.78 is 0. The Hall–Kier alpha value is -3.09. The third-order valence-electron chi connectivity index (χ3n) is 4.75. The van der Waals surface area contributed by atoms with Crippen molar-refractivity contribution in [1.29, 1.82) is 0 Å². The van der Waals surface area contributed by atoms with E-state index in [4.69, 9.17) is 5.73 Å². The SMILES string of the molecule is C=CC(=O)N1CCN(C(=O)c2[nH]c3ccccc3c2CC(N)=O)[C@@H](C)C1. The molecule has 7 heteroatoms.